The van der Waals surface area contributed by atoms with Gasteiger partial charge in [-0.05, 0) is 13.0 Å². The number of hydrogen-bond acceptors (Lipinski definition) is 4. The minimum absolute atomic E-state index is 0.188. The van der Waals surface area contributed by atoms with E-state index >= 15 is 0 Å². The fourth-order valence-corrected chi connectivity index (χ4v) is 1.72. The first-order valence-electron chi connectivity index (χ1n) is 5.43. The lowest BCUT2D eigenvalue weighted by Crippen LogP contribution is -2.24. The summed E-state index contributed by atoms with van der Waals surface area (Å²) in [4.78, 5) is 6.34. The third-order valence-electron chi connectivity index (χ3n) is 2.57. The highest BCUT2D eigenvalue weighted by molar-refractivity contribution is 5.78. The summed E-state index contributed by atoms with van der Waals surface area (Å²) in [5, 5.41) is 11.6. The van der Waals surface area contributed by atoms with Gasteiger partial charge in [-0.2, -0.15) is 5.10 Å². The number of amidine groups is 1. The molecule has 0 aliphatic heterocycles. The van der Waals surface area contributed by atoms with Gasteiger partial charge in [0.25, 0.3) is 0 Å². The monoisotopic (exact) mass is 232 g/mol. The standard InChI is InChI=1S/C11H16N6/c1-8-7-9-11(14-4-6-17(9)15-8)16(2)5-3-10(12)13/h4,6-7H,3,5H2,1-2H3,(H3,12,13). The largest absolute Gasteiger partial charge is 0.388 e. The number of aromatic nitrogens is 3. The van der Waals surface area contributed by atoms with E-state index in [-0.39, 0.29) is 5.84 Å². The second kappa shape index (κ2) is 4.40. The van der Waals surface area contributed by atoms with Gasteiger partial charge in [0.15, 0.2) is 5.82 Å². The number of anilines is 1. The van der Waals surface area contributed by atoms with Crippen molar-refractivity contribution in [2.75, 3.05) is 18.5 Å². The fraction of sp³-hybridized carbons (Fsp3) is 0.364. The Hall–Kier alpha value is -2.11. The van der Waals surface area contributed by atoms with E-state index in [1.165, 1.54) is 0 Å². The molecule has 0 atom stereocenters. The normalized spacial score (nSPS) is 10.7. The lowest BCUT2D eigenvalue weighted by atomic mass is 10.3. The average Bonchev–Trinajstić information content (AvgIpc) is 2.65. The van der Waals surface area contributed by atoms with E-state index in [2.05, 4.69) is 10.1 Å². The van der Waals surface area contributed by atoms with Crippen LogP contribution in [0.5, 0.6) is 0 Å². The van der Waals surface area contributed by atoms with Gasteiger partial charge in [-0.3, -0.25) is 5.41 Å². The Morgan fingerprint density at radius 2 is 2.35 bits per heavy atom. The summed E-state index contributed by atoms with van der Waals surface area (Å²) in [6, 6.07) is 1.99. The Labute approximate surface area is 99.6 Å². The van der Waals surface area contributed by atoms with Crippen molar-refractivity contribution in [3.8, 4) is 0 Å². The van der Waals surface area contributed by atoms with E-state index in [0.29, 0.717) is 13.0 Å². The molecule has 0 fully saturated rings. The molecule has 0 spiro atoms. The topological polar surface area (TPSA) is 83.3 Å². The zero-order chi connectivity index (χ0) is 12.4. The van der Waals surface area contributed by atoms with E-state index in [0.717, 1.165) is 17.0 Å². The van der Waals surface area contributed by atoms with E-state index in [9.17, 15) is 0 Å². The van der Waals surface area contributed by atoms with Crippen LogP contribution in [0.25, 0.3) is 5.52 Å². The number of rotatable bonds is 4. The number of nitrogens with one attached hydrogen (secondary N) is 1. The summed E-state index contributed by atoms with van der Waals surface area (Å²) < 4.78 is 1.81. The maximum Gasteiger partial charge on any atom is 0.154 e. The maximum atomic E-state index is 7.23. The van der Waals surface area contributed by atoms with Crippen LogP contribution in [0, 0.1) is 12.3 Å². The molecular formula is C11H16N6. The second-order valence-corrected chi connectivity index (χ2v) is 4.06. The zero-order valence-corrected chi connectivity index (χ0v) is 10.0. The number of hydrogen-bond donors (Lipinski definition) is 2. The van der Waals surface area contributed by atoms with Crippen molar-refractivity contribution in [3.05, 3.63) is 24.2 Å². The quantitative estimate of drug-likeness (QED) is 0.603. The molecule has 2 heterocycles. The van der Waals surface area contributed by atoms with Gasteiger partial charge < -0.3 is 10.6 Å². The van der Waals surface area contributed by atoms with Gasteiger partial charge in [0.1, 0.15) is 5.52 Å². The molecule has 0 aliphatic carbocycles. The number of aryl methyl sites for hydroxylation is 1. The van der Waals surface area contributed by atoms with E-state index < -0.39 is 0 Å². The molecule has 0 saturated heterocycles. The molecule has 0 aliphatic rings. The number of nitrogens with zero attached hydrogens (tertiary/aromatic N) is 4. The van der Waals surface area contributed by atoms with E-state index in [1.807, 2.05) is 35.6 Å². The highest BCUT2D eigenvalue weighted by atomic mass is 15.3. The summed E-state index contributed by atoms with van der Waals surface area (Å²) in [5.41, 5.74) is 7.28. The molecule has 2 aromatic rings. The molecule has 0 aromatic carbocycles. The lowest BCUT2D eigenvalue weighted by molar-refractivity contribution is 0.868. The molecule has 0 bridgehead atoms. The van der Waals surface area contributed by atoms with Gasteiger partial charge in [-0.25, -0.2) is 9.50 Å². The van der Waals surface area contributed by atoms with Gasteiger partial charge in [0.2, 0.25) is 0 Å². The fourth-order valence-electron chi connectivity index (χ4n) is 1.72. The molecule has 2 aromatic heterocycles. The van der Waals surface area contributed by atoms with Gasteiger partial charge in [-0.1, -0.05) is 0 Å². The third kappa shape index (κ3) is 2.35. The van der Waals surface area contributed by atoms with Crippen LogP contribution in [0.2, 0.25) is 0 Å². The summed E-state index contributed by atoms with van der Waals surface area (Å²) in [6.45, 7) is 2.62. The van der Waals surface area contributed by atoms with Crippen molar-refractivity contribution in [3.63, 3.8) is 0 Å². The predicted octanol–water partition coefficient (Wildman–Crippen LogP) is 0.800. The predicted molar refractivity (Wildman–Crippen MR) is 67.5 cm³/mol. The number of fused-ring (bicyclic) bond motifs is 1. The molecule has 0 saturated carbocycles. The highest BCUT2D eigenvalue weighted by Gasteiger charge is 2.09. The van der Waals surface area contributed by atoms with Gasteiger partial charge in [-0.15, -0.1) is 0 Å². The SMILES string of the molecule is Cc1cc2c(N(C)CCC(=N)N)nccn2n1. The maximum absolute atomic E-state index is 7.23. The van der Waals surface area contributed by atoms with Gasteiger partial charge in [0, 0.05) is 32.4 Å². The average molecular weight is 232 g/mol. The minimum Gasteiger partial charge on any atom is -0.388 e. The third-order valence-corrected chi connectivity index (χ3v) is 2.57. The Bertz CT molecular complexity index is 544. The second-order valence-electron chi connectivity index (χ2n) is 4.06. The van der Waals surface area contributed by atoms with Crippen LogP contribution < -0.4 is 10.6 Å². The summed E-state index contributed by atoms with van der Waals surface area (Å²) in [7, 11) is 1.94. The first-order chi connectivity index (χ1) is 8.08. The minimum atomic E-state index is 0.188. The van der Waals surface area contributed by atoms with Crippen LogP contribution >= 0.6 is 0 Å². The van der Waals surface area contributed by atoms with Crippen LogP contribution in [0.1, 0.15) is 12.1 Å². The Morgan fingerprint density at radius 1 is 1.59 bits per heavy atom. The van der Waals surface area contributed by atoms with E-state index in [1.54, 1.807) is 6.20 Å². The Morgan fingerprint density at radius 3 is 3.06 bits per heavy atom. The molecule has 0 unspecified atom stereocenters. The molecule has 2 rings (SSSR count). The molecular weight excluding hydrogens is 216 g/mol. The van der Waals surface area contributed by atoms with Gasteiger partial charge >= 0.3 is 0 Å². The molecule has 90 valence electrons. The van der Waals surface area contributed by atoms with Crippen molar-refractivity contribution in [2.45, 2.75) is 13.3 Å². The molecule has 0 amide bonds. The van der Waals surface area contributed by atoms with Crippen molar-refractivity contribution < 1.29 is 0 Å². The summed E-state index contributed by atoms with van der Waals surface area (Å²) in [6.07, 6.45) is 4.08. The van der Waals surface area contributed by atoms with Crippen LogP contribution in [-0.2, 0) is 0 Å². The van der Waals surface area contributed by atoms with Crippen molar-refractivity contribution in [1.82, 2.24) is 14.6 Å². The van der Waals surface area contributed by atoms with Gasteiger partial charge in [0.05, 0.1) is 11.5 Å². The summed E-state index contributed by atoms with van der Waals surface area (Å²) >= 11 is 0. The highest BCUT2D eigenvalue weighted by Crippen LogP contribution is 2.18. The van der Waals surface area contributed by atoms with Crippen molar-refractivity contribution in [2.24, 2.45) is 5.73 Å². The van der Waals surface area contributed by atoms with Crippen molar-refractivity contribution in [1.29, 1.82) is 5.41 Å². The molecule has 17 heavy (non-hydrogen) atoms. The lowest BCUT2D eigenvalue weighted by Gasteiger charge is -2.18. The first kappa shape index (κ1) is 11.4. The molecule has 0 radical (unpaired) electrons. The van der Waals surface area contributed by atoms with E-state index in [4.69, 9.17) is 11.1 Å². The smallest absolute Gasteiger partial charge is 0.154 e. The Kier molecular flexibility index (Phi) is 2.95. The molecule has 6 nitrogen and oxygen atoms in total. The molecule has 6 heteroatoms. The molecule has 3 N–H and O–H groups in total. The van der Waals surface area contributed by atoms with Crippen LogP contribution in [-0.4, -0.2) is 34.0 Å². The van der Waals surface area contributed by atoms with Crippen LogP contribution in [0.3, 0.4) is 0 Å². The first-order valence-corrected chi connectivity index (χ1v) is 5.43. The number of nitrogens with two attached hydrogens (primary N) is 1. The zero-order valence-electron chi connectivity index (χ0n) is 10.0. The van der Waals surface area contributed by atoms with Crippen molar-refractivity contribution >= 4 is 17.2 Å². The van der Waals surface area contributed by atoms with Crippen LogP contribution in [0.4, 0.5) is 5.82 Å². The Balaban J connectivity index is 2.30. The van der Waals surface area contributed by atoms with Crippen LogP contribution in [0.15, 0.2) is 18.5 Å². The summed E-state index contributed by atoms with van der Waals surface area (Å²) in [5.74, 6) is 1.04.